The first-order chi connectivity index (χ1) is 6.15. The quantitative estimate of drug-likeness (QED) is 0.477. The molecule has 0 saturated carbocycles. The second-order valence-corrected chi connectivity index (χ2v) is 5.35. The third-order valence-electron chi connectivity index (χ3n) is 1.52. The van der Waals surface area contributed by atoms with Gasteiger partial charge in [-0.1, -0.05) is 13.8 Å². The molecule has 0 aliphatic rings. The summed E-state index contributed by atoms with van der Waals surface area (Å²) in [5.74, 6) is 0. The van der Waals surface area contributed by atoms with Crippen molar-refractivity contribution in [3.63, 3.8) is 0 Å². The Morgan fingerprint density at radius 2 is 1.31 bits per heavy atom. The molecule has 0 unspecified atom stereocenters. The number of rotatable bonds is 6. The van der Waals surface area contributed by atoms with E-state index in [1.165, 1.54) is 36.2 Å². The monoisotopic (exact) mass is 200 g/mol. The van der Waals surface area contributed by atoms with Crippen LogP contribution in [0.2, 0.25) is 10.6 Å². The average molecular weight is 200 g/mol. The summed E-state index contributed by atoms with van der Waals surface area (Å²) in [6.07, 6.45) is 5.30. The molecular formula is C11H25AlO. The van der Waals surface area contributed by atoms with E-state index in [4.69, 9.17) is 0 Å². The van der Waals surface area contributed by atoms with Crippen molar-refractivity contribution in [1.82, 2.24) is 0 Å². The van der Waals surface area contributed by atoms with Crippen molar-refractivity contribution in [1.29, 1.82) is 0 Å². The Bertz CT molecular complexity index is 65.7. The van der Waals surface area contributed by atoms with Crippen molar-refractivity contribution in [3.05, 3.63) is 0 Å². The predicted molar refractivity (Wildman–Crippen MR) is 60.3 cm³/mol. The molecule has 0 rings (SSSR count). The van der Waals surface area contributed by atoms with Crippen LogP contribution < -0.4 is 5.11 Å². The summed E-state index contributed by atoms with van der Waals surface area (Å²) in [6.45, 7) is 7.78. The van der Waals surface area contributed by atoms with Gasteiger partial charge in [-0.2, -0.15) is 0 Å². The van der Waals surface area contributed by atoms with E-state index in [-0.39, 0.29) is 0 Å². The Balaban J connectivity index is 0. The molecule has 0 aliphatic carbocycles. The van der Waals surface area contributed by atoms with Crippen LogP contribution in [0.5, 0.6) is 0 Å². The van der Waals surface area contributed by atoms with Crippen LogP contribution in [0.25, 0.3) is 0 Å². The van der Waals surface area contributed by atoms with Crippen molar-refractivity contribution >= 4 is 15.2 Å². The van der Waals surface area contributed by atoms with Gasteiger partial charge in [0.2, 0.25) is 0 Å². The molecule has 0 atom stereocenters. The molecule has 0 radical (unpaired) electrons. The first kappa shape index (κ1) is 15.9. The molecule has 0 fully saturated rings. The van der Waals surface area contributed by atoms with E-state index < -0.39 is 6.10 Å². The van der Waals surface area contributed by atoms with E-state index in [1.807, 2.05) is 0 Å². The zero-order valence-electron chi connectivity index (χ0n) is 9.81. The molecule has 2 heteroatoms. The van der Waals surface area contributed by atoms with E-state index in [2.05, 4.69) is 13.8 Å². The fourth-order valence-electron chi connectivity index (χ4n) is 0.841. The van der Waals surface area contributed by atoms with Gasteiger partial charge in [0.15, 0.2) is 0 Å². The molecule has 78 valence electrons. The van der Waals surface area contributed by atoms with E-state index in [9.17, 15) is 5.11 Å². The molecule has 0 aromatic rings. The zero-order valence-corrected chi connectivity index (χ0v) is 11.0. The van der Waals surface area contributed by atoms with Crippen LogP contribution in [0.1, 0.15) is 53.4 Å². The van der Waals surface area contributed by atoms with Crippen molar-refractivity contribution < 1.29 is 5.11 Å². The van der Waals surface area contributed by atoms with E-state index in [0.29, 0.717) is 0 Å². The molecule has 0 aliphatic heterocycles. The second-order valence-electron chi connectivity index (χ2n) is 3.62. The normalized spacial score (nSPS) is 9.08. The minimum atomic E-state index is -0.417. The van der Waals surface area contributed by atoms with E-state index in [0.717, 1.165) is 15.2 Å². The molecule has 0 amide bonds. The summed E-state index contributed by atoms with van der Waals surface area (Å²) in [6, 6.07) is 0. The van der Waals surface area contributed by atoms with Crippen LogP contribution >= 0.6 is 0 Å². The van der Waals surface area contributed by atoms with Crippen LogP contribution in [0.15, 0.2) is 0 Å². The molecule has 0 saturated heterocycles. The van der Waals surface area contributed by atoms with Gasteiger partial charge in [0.05, 0.1) is 0 Å². The van der Waals surface area contributed by atoms with Gasteiger partial charge in [0, 0.05) is 0 Å². The van der Waals surface area contributed by atoms with Gasteiger partial charge in [0.25, 0.3) is 0 Å². The molecule has 0 N–H and O–H groups in total. The van der Waals surface area contributed by atoms with Crippen molar-refractivity contribution in [2.24, 2.45) is 0 Å². The maximum atomic E-state index is 9.53. The zero-order chi connectivity index (χ0) is 10.5. The van der Waals surface area contributed by atoms with Crippen LogP contribution in [-0.2, 0) is 0 Å². The van der Waals surface area contributed by atoms with Gasteiger partial charge in [-0.05, 0) is 0 Å². The fourth-order valence-corrected chi connectivity index (χ4v) is 2.52. The Morgan fingerprint density at radius 3 is 1.54 bits per heavy atom. The first-order valence-corrected chi connectivity index (χ1v) is 7.25. The van der Waals surface area contributed by atoms with Crippen molar-refractivity contribution in [2.75, 3.05) is 0 Å². The molecule has 0 heterocycles. The second kappa shape index (κ2) is 15.0. The minimum absolute atomic E-state index is 0.417. The molecule has 13 heavy (non-hydrogen) atoms. The standard InChI is InChI=1S/2C4H9.C3H7O.Al/c2*1-3-4-2;1-3(2)4;/h2*1,3-4H2,2H3;3H,1-2H3;/q;;-1;+1. The molecule has 0 bridgehead atoms. The van der Waals surface area contributed by atoms with E-state index >= 15 is 0 Å². The first-order valence-electron chi connectivity index (χ1n) is 5.62. The molecule has 0 aromatic heterocycles. The number of unbranched alkanes of at least 4 members (excludes halogenated alkanes) is 2. The van der Waals surface area contributed by atoms with Crippen molar-refractivity contribution in [3.8, 4) is 0 Å². The Hall–Kier alpha value is 0.492. The summed E-state index contributed by atoms with van der Waals surface area (Å²) in [4.78, 5) is 0. The SMILES string of the molecule is CC(C)[O-].CCC[CH2][Al+][CH2]CCC. The van der Waals surface area contributed by atoms with Gasteiger partial charge in [0.1, 0.15) is 0 Å². The summed E-state index contributed by atoms with van der Waals surface area (Å²) < 4.78 is 0. The molecule has 0 aromatic carbocycles. The van der Waals surface area contributed by atoms with Crippen LogP contribution in [0.4, 0.5) is 0 Å². The molecule has 1 nitrogen and oxygen atoms in total. The van der Waals surface area contributed by atoms with Crippen molar-refractivity contribution in [2.45, 2.75) is 70.0 Å². The third kappa shape index (κ3) is 32.6. The van der Waals surface area contributed by atoms with Gasteiger partial charge in [-0.15, -0.1) is 6.10 Å². The fraction of sp³-hybridized carbons (Fsp3) is 1.00. The topological polar surface area (TPSA) is 23.1 Å². The summed E-state index contributed by atoms with van der Waals surface area (Å²) in [7, 11) is 0. The third-order valence-corrected chi connectivity index (χ3v) is 3.16. The van der Waals surface area contributed by atoms with Crippen LogP contribution in [-0.4, -0.2) is 21.3 Å². The summed E-state index contributed by atoms with van der Waals surface area (Å²) >= 11 is 0.818. The summed E-state index contributed by atoms with van der Waals surface area (Å²) in [5, 5.41) is 12.6. The van der Waals surface area contributed by atoms with Crippen LogP contribution in [0, 0.1) is 0 Å². The van der Waals surface area contributed by atoms with E-state index in [1.54, 1.807) is 13.8 Å². The number of hydrogen-bond donors (Lipinski definition) is 0. The van der Waals surface area contributed by atoms with Gasteiger partial charge in [-0.3, -0.25) is 0 Å². The summed E-state index contributed by atoms with van der Waals surface area (Å²) in [5.41, 5.74) is 0. The van der Waals surface area contributed by atoms with Gasteiger partial charge in [-0.25, -0.2) is 0 Å². The Morgan fingerprint density at radius 1 is 1.00 bits per heavy atom. The average Bonchev–Trinajstić information content (AvgIpc) is 2.03. The predicted octanol–water partition coefficient (Wildman–Crippen LogP) is 2.88. The molecule has 0 spiro atoms. The Labute approximate surface area is 90.6 Å². The van der Waals surface area contributed by atoms with Gasteiger partial charge < -0.3 is 5.11 Å². The van der Waals surface area contributed by atoms with Crippen LogP contribution in [0.3, 0.4) is 0 Å². The molecular weight excluding hydrogens is 175 g/mol. The Kier molecular flexibility index (Phi) is 18.4. The van der Waals surface area contributed by atoms with Gasteiger partial charge >= 0.3 is 65.3 Å². The number of hydrogen-bond acceptors (Lipinski definition) is 1. The maximum absolute atomic E-state index is 9.53.